The molecule has 146 valence electrons. The van der Waals surface area contributed by atoms with Crippen molar-refractivity contribution in [3.05, 3.63) is 86.0 Å². The molecule has 0 spiro atoms. The summed E-state index contributed by atoms with van der Waals surface area (Å²) >= 11 is 0. The highest BCUT2D eigenvalue weighted by Gasteiger charge is 2.17. The topological polar surface area (TPSA) is 43.5 Å². The van der Waals surface area contributed by atoms with E-state index >= 15 is 0 Å². The molecule has 4 heterocycles. The van der Waals surface area contributed by atoms with Crippen molar-refractivity contribution in [1.29, 1.82) is 0 Å². The molecule has 5 nitrogen and oxygen atoms in total. The van der Waals surface area contributed by atoms with E-state index in [0.29, 0.717) is 0 Å². The summed E-state index contributed by atoms with van der Waals surface area (Å²) in [6.45, 7) is 0. The van der Waals surface area contributed by atoms with E-state index in [1.165, 1.54) is 44.1 Å². The molecule has 0 saturated carbocycles. The van der Waals surface area contributed by atoms with Crippen LogP contribution in [0.25, 0.3) is 49.7 Å². The van der Waals surface area contributed by atoms with Gasteiger partial charge in [0.05, 0.1) is 11.8 Å². The van der Waals surface area contributed by atoms with Gasteiger partial charge < -0.3 is 18.7 Å². The molecule has 0 fully saturated rings. The number of benzene rings is 2. The molecular weight excluding hydrogens is 370 g/mol. The standard InChI is InChI=1S/C25H21N5/c1-28-14-22(18-5-3-4-6-24(18)28)20-12-27-13-21(20)23-15-29(2)25-11-17(7-8-19(23)25)30-10-9-26-16-30/h3-16,27H,1-2H3. The van der Waals surface area contributed by atoms with Gasteiger partial charge in [0.25, 0.3) is 0 Å². The quantitative estimate of drug-likeness (QED) is 0.424. The maximum Gasteiger partial charge on any atom is 0.0991 e. The van der Waals surface area contributed by atoms with Crippen LogP contribution in [0.5, 0.6) is 0 Å². The zero-order chi connectivity index (χ0) is 20.2. The molecule has 0 bridgehead atoms. The van der Waals surface area contributed by atoms with Gasteiger partial charge in [-0.25, -0.2) is 4.98 Å². The number of imidazole rings is 1. The minimum atomic E-state index is 1.11. The molecule has 0 atom stereocenters. The first-order chi connectivity index (χ1) is 14.7. The number of nitrogens with zero attached hydrogens (tertiary/aromatic N) is 4. The highest BCUT2D eigenvalue weighted by Crippen LogP contribution is 2.40. The first-order valence-corrected chi connectivity index (χ1v) is 10.00. The van der Waals surface area contributed by atoms with Crippen molar-refractivity contribution < 1.29 is 0 Å². The van der Waals surface area contributed by atoms with Crippen LogP contribution in [0.15, 0.2) is 86.0 Å². The lowest BCUT2D eigenvalue weighted by Gasteiger charge is -2.05. The Balaban J connectivity index is 1.55. The van der Waals surface area contributed by atoms with E-state index in [2.05, 4.69) is 100 Å². The molecule has 0 radical (unpaired) electrons. The van der Waals surface area contributed by atoms with Crippen LogP contribution in [0.1, 0.15) is 0 Å². The molecule has 4 aromatic heterocycles. The normalized spacial score (nSPS) is 11.7. The Morgan fingerprint density at radius 1 is 0.767 bits per heavy atom. The van der Waals surface area contributed by atoms with Gasteiger partial charge in [0, 0.05) is 95.5 Å². The molecule has 6 aromatic rings. The third-order valence-electron chi connectivity index (χ3n) is 6.00. The smallest absolute Gasteiger partial charge is 0.0991 e. The van der Waals surface area contributed by atoms with E-state index in [4.69, 9.17) is 0 Å². The van der Waals surface area contributed by atoms with Gasteiger partial charge in [-0.05, 0) is 18.2 Å². The second-order valence-corrected chi connectivity index (χ2v) is 7.78. The number of aromatic amines is 1. The lowest BCUT2D eigenvalue weighted by Crippen LogP contribution is -1.91. The Labute approximate surface area is 173 Å². The van der Waals surface area contributed by atoms with Gasteiger partial charge in [-0.15, -0.1) is 0 Å². The fourth-order valence-electron chi connectivity index (χ4n) is 4.53. The van der Waals surface area contributed by atoms with E-state index in [-0.39, 0.29) is 0 Å². The summed E-state index contributed by atoms with van der Waals surface area (Å²) in [6.07, 6.45) is 14.3. The number of nitrogens with one attached hydrogen (secondary N) is 1. The van der Waals surface area contributed by atoms with Crippen molar-refractivity contribution in [1.82, 2.24) is 23.7 Å². The van der Waals surface area contributed by atoms with Crippen LogP contribution in [0.4, 0.5) is 0 Å². The molecule has 0 unspecified atom stereocenters. The van der Waals surface area contributed by atoms with E-state index in [0.717, 1.165) is 5.69 Å². The summed E-state index contributed by atoms with van der Waals surface area (Å²) in [4.78, 5) is 7.52. The molecule has 30 heavy (non-hydrogen) atoms. The van der Waals surface area contributed by atoms with Crippen LogP contribution in [-0.2, 0) is 14.1 Å². The van der Waals surface area contributed by atoms with E-state index < -0.39 is 0 Å². The van der Waals surface area contributed by atoms with Crippen LogP contribution in [0, 0.1) is 0 Å². The van der Waals surface area contributed by atoms with Crippen LogP contribution < -0.4 is 0 Å². The van der Waals surface area contributed by atoms with E-state index in [1.54, 1.807) is 6.20 Å². The fraction of sp³-hybridized carbons (Fsp3) is 0.0800. The number of fused-ring (bicyclic) bond motifs is 2. The van der Waals surface area contributed by atoms with E-state index in [9.17, 15) is 0 Å². The minimum absolute atomic E-state index is 1.11. The summed E-state index contributed by atoms with van der Waals surface area (Å²) in [5, 5.41) is 2.51. The van der Waals surface area contributed by atoms with E-state index in [1.807, 2.05) is 17.1 Å². The number of hydrogen-bond donors (Lipinski definition) is 1. The molecule has 0 saturated heterocycles. The zero-order valence-corrected chi connectivity index (χ0v) is 16.9. The largest absolute Gasteiger partial charge is 0.366 e. The fourth-order valence-corrected chi connectivity index (χ4v) is 4.53. The number of hydrogen-bond acceptors (Lipinski definition) is 1. The highest BCUT2D eigenvalue weighted by molar-refractivity contribution is 6.05. The van der Waals surface area contributed by atoms with Crippen molar-refractivity contribution in [2.24, 2.45) is 14.1 Å². The van der Waals surface area contributed by atoms with Gasteiger partial charge in [-0.3, -0.25) is 0 Å². The second kappa shape index (κ2) is 6.26. The van der Waals surface area contributed by atoms with Gasteiger partial charge >= 0.3 is 0 Å². The predicted octanol–water partition coefficient (Wildman–Crippen LogP) is 5.52. The average molecular weight is 391 g/mol. The molecule has 0 aliphatic carbocycles. The molecular formula is C25H21N5. The Hall–Kier alpha value is -3.99. The highest BCUT2D eigenvalue weighted by atomic mass is 15.0. The minimum Gasteiger partial charge on any atom is -0.366 e. The van der Waals surface area contributed by atoms with Crippen LogP contribution >= 0.6 is 0 Å². The zero-order valence-electron chi connectivity index (χ0n) is 16.9. The molecule has 5 heteroatoms. The summed E-state index contributed by atoms with van der Waals surface area (Å²) in [5.74, 6) is 0. The summed E-state index contributed by atoms with van der Waals surface area (Å²) in [7, 11) is 4.21. The predicted molar refractivity (Wildman–Crippen MR) is 122 cm³/mol. The average Bonchev–Trinajstić information content (AvgIpc) is 3.55. The summed E-state index contributed by atoms with van der Waals surface area (Å²) < 4.78 is 6.43. The number of aryl methyl sites for hydroxylation is 2. The molecule has 0 amide bonds. The molecule has 0 aliphatic heterocycles. The third kappa shape index (κ3) is 2.38. The molecule has 2 aromatic carbocycles. The number of rotatable bonds is 3. The van der Waals surface area contributed by atoms with Gasteiger partial charge in [-0.2, -0.15) is 0 Å². The van der Waals surface area contributed by atoms with Gasteiger partial charge in [0.1, 0.15) is 0 Å². The lowest BCUT2D eigenvalue weighted by atomic mass is 9.98. The summed E-state index contributed by atoms with van der Waals surface area (Å²) in [6, 6.07) is 15.1. The maximum absolute atomic E-state index is 4.17. The third-order valence-corrected chi connectivity index (χ3v) is 6.00. The Morgan fingerprint density at radius 2 is 1.47 bits per heavy atom. The SMILES string of the molecule is Cn1cc(-c2c[nH]cc2-c2cn(C)c3cc(-n4ccnc4)ccc23)c2ccccc21. The molecule has 6 rings (SSSR count). The van der Waals surface area contributed by atoms with Crippen molar-refractivity contribution in [2.45, 2.75) is 0 Å². The van der Waals surface area contributed by atoms with Crippen molar-refractivity contribution in [3.63, 3.8) is 0 Å². The Morgan fingerprint density at radius 3 is 2.20 bits per heavy atom. The molecule has 0 aliphatic rings. The summed E-state index contributed by atoms with van der Waals surface area (Å²) in [5.41, 5.74) is 8.45. The lowest BCUT2D eigenvalue weighted by molar-refractivity contribution is 0.966. The van der Waals surface area contributed by atoms with Crippen LogP contribution in [-0.4, -0.2) is 23.7 Å². The van der Waals surface area contributed by atoms with Crippen LogP contribution in [0.2, 0.25) is 0 Å². The number of aromatic nitrogens is 5. The van der Waals surface area contributed by atoms with Gasteiger partial charge in [0.15, 0.2) is 0 Å². The van der Waals surface area contributed by atoms with Crippen molar-refractivity contribution in [2.75, 3.05) is 0 Å². The van der Waals surface area contributed by atoms with Gasteiger partial charge in [-0.1, -0.05) is 24.3 Å². The number of H-pyrrole nitrogens is 1. The first-order valence-electron chi connectivity index (χ1n) is 10.00. The monoisotopic (exact) mass is 391 g/mol. The maximum atomic E-state index is 4.17. The Bertz CT molecular complexity index is 1510. The van der Waals surface area contributed by atoms with Gasteiger partial charge in [0.2, 0.25) is 0 Å². The first kappa shape index (κ1) is 16.9. The second-order valence-electron chi connectivity index (χ2n) is 7.78. The van der Waals surface area contributed by atoms with Crippen molar-refractivity contribution >= 4 is 21.8 Å². The Kier molecular flexibility index (Phi) is 3.53. The molecule has 1 N–H and O–H groups in total. The van der Waals surface area contributed by atoms with Crippen LogP contribution in [0.3, 0.4) is 0 Å². The van der Waals surface area contributed by atoms with Crippen molar-refractivity contribution in [3.8, 4) is 27.9 Å². The number of para-hydroxylation sites is 1.